The first-order chi connectivity index (χ1) is 10.7. The Kier molecular flexibility index (Phi) is 4.60. The van der Waals surface area contributed by atoms with Crippen molar-refractivity contribution in [3.8, 4) is 11.3 Å². The van der Waals surface area contributed by atoms with E-state index in [-0.39, 0.29) is 11.5 Å². The SMILES string of the molecule is CC1(CNCc2cn[nH]c2-c2ccccc2)CCCCC1O. The van der Waals surface area contributed by atoms with Crippen molar-refractivity contribution in [3.05, 3.63) is 42.1 Å². The van der Waals surface area contributed by atoms with E-state index in [0.717, 1.165) is 43.6 Å². The fourth-order valence-corrected chi connectivity index (χ4v) is 3.37. The molecule has 1 fully saturated rings. The number of hydrogen-bond acceptors (Lipinski definition) is 3. The molecule has 1 aromatic carbocycles. The number of aliphatic hydroxyl groups excluding tert-OH is 1. The Balaban J connectivity index is 1.62. The number of rotatable bonds is 5. The first-order valence-corrected chi connectivity index (χ1v) is 8.15. The summed E-state index contributed by atoms with van der Waals surface area (Å²) < 4.78 is 0. The number of hydrogen-bond donors (Lipinski definition) is 3. The fourth-order valence-electron chi connectivity index (χ4n) is 3.37. The van der Waals surface area contributed by atoms with Crippen molar-refractivity contribution in [2.24, 2.45) is 5.41 Å². The lowest BCUT2D eigenvalue weighted by Gasteiger charge is -2.38. The molecule has 2 aromatic rings. The van der Waals surface area contributed by atoms with Gasteiger partial charge in [-0.3, -0.25) is 5.10 Å². The monoisotopic (exact) mass is 299 g/mol. The highest BCUT2D eigenvalue weighted by molar-refractivity contribution is 5.62. The summed E-state index contributed by atoms with van der Waals surface area (Å²) in [5.41, 5.74) is 3.39. The van der Waals surface area contributed by atoms with Gasteiger partial charge in [-0.25, -0.2) is 0 Å². The largest absolute Gasteiger partial charge is 0.393 e. The molecule has 0 saturated heterocycles. The van der Waals surface area contributed by atoms with E-state index in [1.54, 1.807) is 0 Å². The Morgan fingerprint density at radius 3 is 2.91 bits per heavy atom. The maximum absolute atomic E-state index is 10.3. The van der Waals surface area contributed by atoms with Crippen molar-refractivity contribution >= 4 is 0 Å². The molecule has 0 radical (unpaired) electrons. The van der Waals surface area contributed by atoms with Crippen LogP contribution in [0.3, 0.4) is 0 Å². The second kappa shape index (κ2) is 6.63. The summed E-state index contributed by atoms with van der Waals surface area (Å²) in [6.07, 6.45) is 6.09. The maximum Gasteiger partial charge on any atom is 0.0695 e. The summed E-state index contributed by atoms with van der Waals surface area (Å²) in [6.45, 7) is 3.80. The van der Waals surface area contributed by atoms with Gasteiger partial charge < -0.3 is 10.4 Å². The molecule has 3 N–H and O–H groups in total. The predicted molar refractivity (Wildman–Crippen MR) is 88.3 cm³/mol. The van der Waals surface area contributed by atoms with Crippen molar-refractivity contribution < 1.29 is 5.11 Å². The van der Waals surface area contributed by atoms with Gasteiger partial charge in [0.05, 0.1) is 18.0 Å². The van der Waals surface area contributed by atoms with Crippen molar-refractivity contribution in [3.63, 3.8) is 0 Å². The molecule has 1 saturated carbocycles. The van der Waals surface area contributed by atoms with Crippen LogP contribution < -0.4 is 5.32 Å². The standard InChI is InChI=1S/C18H25N3O/c1-18(10-6-5-9-16(18)22)13-19-11-15-12-20-21-17(15)14-7-3-2-4-8-14/h2-4,7-8,12,16,19,22H,5-6,9-11,13H2,1H3,(H,20,21). The van der Waals surface area contributed by atoms with Gasteiger partial charge in [0.25, 0.3) is 0 Å². The van der Waals surface area contributed by atoms with Crippen LogP contribution in [0, 0.1) is 5.41 Å². The Hall–Kier alpha value is -1.65. The minimum atomic E-state index is -0.188. The quantitative estimate of drug-likeness (QED) is 0.795. The third-order valence-electron chi connectivity index (χ3n) is 4.90. The second-order valence-electron chi connectivity index (χ2n) is 6.66. The smallest absolute Gasteiger partial charge is 0.0695 e. The average molecular weight is 299 g/mol. The van der Waals surface area contributed by atoms with Crippen molar-refractivity contribution in [2.75, 3.05) is 6.54 Å². The number of benzene rings is 1. The van der Waals surface area contributed by atoms with E-state index in [0.29, 0.717) is 0 Å². The molecule has 1 aromatic heterocycles. The lowest BCUT2D eigenvalue weighted by Crippen LogP contribution is -2.43. The van der Waals surface area contributed by atoms with Crippen molar-refractivity contribution in [2.45, 2.75) is 45.3 Å². The lowest BCUT2D eigenvalue weighted by molar-refractivity contribution is 0.00116. The number of nitrogens with one attached hydrogen (secondary N) is 2. The highest BCUT2D eigenvalue weighted by Crippen LogP contribution is 2.35. The lowest BCUT2D eigenvalue weighted by atomic mass is 9.73. The van der Waals surface area contributed by atoms with Crippen LogP contribution in [-0.2, 0) is 6.54 Å². The highest BCUT2D eigenvalue weighted by Gasteiger charge is 2.34. The Morgan fingerprint density at radius 2 is 2.14 bits per heavy atom. The summed E-state index contributed by atoms with van der Waals surface area (Å²) in [5.74, 6) is 0. The zero-order valence-corrected chi connectivity index (χ0v) is 13.2. The predicted octanol–water partition coefficient (Wildman–Crippen LogP) is 3.11. The van der Waals surface area contributed by atoms with E-state index in [1.807, 2.05) is 24.4 Å². The topological polar surface area (TPSA) is 60.9 Å². The van der Waals surface area contributed by atoms with Gasteiger partial charge in [-0.2, -0.15) is 5.10 Å². The van der Waals surface area contributed by atoms with Crippen molar-refractivity contribution in [1.82, 2.24) is 15.5 Å². The zero-order chi connectivity index (χ0) is 15.4. The second-order valence-corrected chi connectivity index (χ2v) is 6.66. The molecule has 1 aliphatic carbocycles. The Bertz CT molecular complexity index is 595. The van der Waals surface area contributed by atoms with Crippen molar-refractivity contribution in [1.29, 1.82) is 0 Å². The molecule has 22 heavy (non-hydrogen) atoms. The molecule has 4 nitrogen and oxygen atoms in total. The number of aromatic amines is 1. The van der Waals surface area contributed by atoms with Crippen LogP contribution in [-0.4, -0.2) is 28.0 Å². The van der Waals surface area contributed by atoms with E-state index in [2.05, 4.69) is 34.6 Å². The summed E-state index contributed by atoms with van der Waals surface area (Å²) in [5, 5.41) is 21.0. The average Bonchev–Trinajstić information content (AvgIpc) is 3.00. The van der Waals surface area contributed by atoms with Gasteiger partial charge >= 0.3 is 0 Å². The van der Waals surface area contributed by atoms with Gasteiger partial charge in [0.15, 0.2) is 0 Å². The minimum absolute atomic E-state index is 0.00506. The summed E-state index contributed by atoms with van der Waals surface area (Å²) in [4.78, 5) is 0. The molecule has 0 amide bonds. The third-order valence-corrected chi connectivity index (χ3v) is 4.90. The van der Waals surface area contributed by atoms with Crippen LogP contribution in [0.4, 0.5) is 0 Å². The Labute approximate surface area is 132 Å². The first kappa shape index (κ1) is 15.3. The van der Waals surface area contributed by atoms with E-state index < -0.39 is 0 Å². The number of nitrogens with zero attached hydrogens (tertiary/aromatic N) is 1. The molecule has 2 atom stereocenters. The Morgan fingerprint density at radius 1 is 1.32 bits per heavy atom. The van der Waals surface area contributed by atoms with Gasteiger partial charge in [-0.1, -0.05) is 50.1 Å². The van der Waals surface area contributed by atoms with Gasteiger partial charge in [0.2, 0.25) is 0 Å². The molecular weight excluding hydrogens is 274 g/mol. The molecule has 1 aliphatic rings. The van der Waals surface area contributed by atoms with Gasteiger partial charge in [-0.15, -0.1) is 0 Å². The highest BCUT2D eigenvalue weighted by atomic mass is 16.3. The summed E-state index contributed by atoms with van der Waals surface area (Å²) >= 11 is 0. The maximum atomic E-state index is 10.3. The van der Waals surface area contributed by atoms with Gasteiger partial charge in [-0.05, 0) is 18.4 Å². The number of aliphatic hydroxyl groups is 1. The molecule has 1 heterocycles. The molecule has 3 rings (SSSR count). The van der Waals surface area contributed by atoms with Crippen LogP contribution in [0.25, 0.3) is 11.3 Å². The van der Waals surface area contributed by atoms with E-state index in [9.17, 15) is 5.11 Å². The van der Waals surface area contributed by atoms with Crippen LogP contribution in [0.1, 0.15) is 38.2 Å². The minimum Gasteiger partial charge on any atom is -0.393 e. The van der Waals surface area contributed by atoms with Crippen LogP contribution in [0.5, 0.6) is 0 Å². The molecule has 0 spiro atoms. The molecule has 0 aliphatic heterocycles. The number of H-pyrrole nitrogens is 1. The van der Waals surface area contributed by atoms with Crippen LogP contribution >= 0.6 is 0 Å². The van der Waals surface area contributed by atoms with E-state index >= 15 is 0 Å². The number of aromatic nitrogens is 2. The molecule has 118 valence electrons. The molecule has 4 heteroatoms. The zero-order valence-electron chi connectivity index (χ0n) is 13.2. The molecular formula is C18H25N3O. The van der Waals surface area contributed by atoms with E-state index in [4.69, 9.17) is 0 Å². The van der Waals surface area contributed by atoms with Crippen LogP contribution in [0.15, 0.2) is 36.5 Å². The van der Waals surface area contributed by atoms with Crippen LogP contribution in [0.2, 0.25) is 0 Å². The third kappa shape index (κ3) is 3.23. The van der Waals surface area contributed by atoms with Gasteiger partial charge in [0.1, 0.15) is 0 Å². The van der Waals surface area contributed by atoms with E-state index in [1.165, 1.54) is 12.0 Å². The molecule has 0 bridgehead atoms. The van der Waals surface area contributed by atoms with Gasteiger partial charge in [0, 0.05) is 24.1 Å². The summed E-state index contributed by atoms with van der Waals surface area (Å²) in [6, 6.07) is 10.3. The first-order valence-electron chi connectivity index (χ1n) is 8.15. The summed E-state index contributed by atoms with van der Waals surface area (Å²) in [7, 11) is 0. The molecule has 2 unspecified atom stereocenters. The normalized spacial score (nSPS) is 25.3. The fraction of sp³-hybridized carbons (Fsp3) is 0.500.